The van der Waals surface area contributed by atoms with Gasteiger partial charge in [0.05, 0.1) is 23.4 Å². The first-order valence-corrected chi connectivity index (χ1v) is 9.82. The van der Waals surface area contributed by atoms with Crippen molar-refractivity contribution in [2.75, 3.05) is 13.2 Å². The van der Waals surface area contributed by atoms with Crippen LogP contribution in [0, 0.1) is 17.3 Å². The van der Waals surface area contributed by atoms with E-state index in [9.17, 15) is 13.2 Å². The molecule has 7 heteroatoms. The zero-order valence-electron chi connectivity index (χ0n) is 14.2. The van der Waals surface area contributed by atoms with E-state index < -0.39 is 21.1 Å². The van der Waals surface area contributed by atoms with Crippen LogP contribution in [0.4, 0.5) is 0 Å². The van der Waals surface area contributed by atoms with Gasteiger partial charge in [-0.15, -0.1) is 0 Å². The third-order valence-electron chi connectivity index (χ3n) is 5.99. The van der Waals surface area contributed by atoms with Crippen molar-refractivity contribution in [3.8, 4) is 0 Å². The van der Waals surface area contributed by atoms with Crippen LogP contribution in [0.5, 0.6) is 0 Å². The fourth-order valence-electron chi connectivity index (χ4n) is 4.26. The monoisotopic (exact) mass is 346 g/mol. The molecular weight excluding hydrogens is 320 g/mol. The second-order valence-electron chi connectivity index (χ2n) is 7.80. The van der Waals surface area contributed by atoms with Gasteiger partial charge < -0.3 is 9.47 Å². The van der Waals surface area contributed by atoms with Crippen molar-refractivity contribution in [2.24, 2.45) is 17.3 Å². The van der Waals surface area contributed by atoms with Gasteiger partial charge in [-0.3, -0.25) is 8.98 Å². The van der Waals surface area contributed by atoms with Gasteiger partial charge in [0.15, 0.2) is 0 Å². The molecule has 3 rings (SSSR count). The van der Waals surface area contributed by atoms with E-state index in [4.69, 9.17) is 13.7 Å². The fraction of sp³-hybridized carbons (Fsp3) is 0.938. The topological polar surface area (TPSA) is 78.9 Å². The molecule has 132 valence electrons. The normalized spacial score (nSPS) is 40.5. The van der Waals surface area contributed by atoms with Gasteiger partial charge in [0.25, 0.3) is 10.1 Å². The van der Waals surface area contributed by atoms with E-state index >= 15 is 0 Å². The van der Waals surface area contributed by atoms with Crippen LogP contribution in [0.15, 0.2) is 0 Å². The molecule has 6 nitrogen and oxygen atoms in total. The summed E-state index contributed by atoms with van der Waals surface area (Å²) in [6.45, 7) is 7.94. The number of carbonyl (C=O) groups excluding carboxylic acids is 1. The maximum Gasteiger partial charge on any atom is 0.311 e. The number of ether oxygens (including phenoxy) is 2. The van der Waals surface area contributed by atoms with E-state index in [1.54, 1.807) is 0 Å². The minimum absolute atomic E-state index is 0.0316. The number of rotatable bonds is 6. The zero-order chi connectivity index (χ0) is 17.0. The molecule has 0 radical (unpaired) electrons. The molecule has 0 aromatic rings. The van der Waals surface area contributed by atoms with Gasteiger partial charge in [0.1, 0.15) is 12.2 Å². The van der Waals surface area contributed by atoms with Crippen LogP contribution in [-0.4, -0.2) is 44.6 Å². The molecular formula is C16H26O6S. The van der Waals surface area contributed by atoms with Gasteiger partial charge in [-0.05, 0) is 46.0 Å². The van der Waals surface area contributed by atoms with Crippen molar-refractivity contribution in [1.29, 1.82) is 0 Å². The first kappa shape index (κ1) is 17.2. The van der Waals surface area contributed by atoms with Crippen molar-refractivity contribution in [3.63, 3.8) is 0 Å². The highest BCUT2D eigenvalue weighted by molar-refractivity contribution is 7.87. The Bertz CT molecular complexity index is 598. The molecule has 3 aliphatic rings. The van der Waals surface area contributed by atoms with Crippen LogP contribution in [0.1, 0.15) is 47.0 Å². The SMILES string of the molecule is CCC(C)(C)C(=O)OCCOC1C2CC3C(C2)S(=O)(=O)OC31C. The highest BCUT2D eigenvalue weighted by atomic mass is 32.2. The Morgan fingerprint density at radius 3 is 2.65 bits per heavy atom. The zero-order valence-corrected chi connectivity index (χ0v) is 15.0. The van der Waals surface area contributed by atoms with Gasteiger partial charge in [-0.2, -0.15) is 8.42 Å². The van der Waals surface area contributed by atoms with Crippen molar-refractivity contribution in [1.82, 2.24) is 0 Å². The van der Waals surface area contributed by atoms with Gasteiger partial charge >= 0.3 is 5.97 Å². The molecule has 2 saturated carbocycles. The second-order valence-corrected chi connectivity index (χ2v) is 9.56. The van der Waals surface area contributed by atoms with Crippen LogP contribution < -0.4 is 0 Å². The van der Waals surface area contributed by atoms with E-state index in [2.05, 4.69) is 0 Å². The molecule has 1 aliphatic heterocycles. The molecule has 2 bridgehead atoms. The number of hydrogen-bond acceptors (Lipinski definition) is 6. The maximum absolute atomic E-state index is 12.0. The third-order valence-corrected chi connectivity index (χ3v) is 7.84. The summed E-state index contributed by atoms with van der Waals surface area (Å²) in [6.07, 6.45) is 1.94. The molecule has 3 fully saturated rings. The predicted molar refractivity (Wildman–Crippen MR) is 83.2 cm³/mol. The van der Waals surface area contributed by atoms with E-state index in [1.165, 1.54) is 0 Å². The first-order valence-electron chi connectivity index (χ1n) is 8.35. The van der Waals surface area contributed by atoms with Gasteiger partial charge in [-0.25, -0.2) is 0 Å². The highest BCUT2D eigenvalue weighted by Gasteiger charge is 2.70. The van der Waals surface area contributed by atoms with Crippen molar-refractivity contribution in [3.05, 3.63) is 0 Å². The summed E-state index contributed by atoms with van der Waals surface area (Å²) >= 11 is 0. The molecule has 1 saturated heterocycles. The smallest absolute Gasteiger partial charge is 0.311 e. The average molecular weight is 346 g/mol. The predicted octanol–water partition coefficient (Wildman–Crippen LogP) is 1.88. The maximum atomic E-state index is 12.0. The average Bonchev–Trinajstić information content (AvgIpc) is 3.04. The van der Waals surface area contributed by atoms with Crippen LogP contribution in [0.25, 0.3) is 0 Å². The minimum atomic E-state index is -3.45. The summed E-state index contributed by atoms with van der Waals surface area (Å²) < 4.78 is 40.7. The lowest BCUT2D eigenvalue weighted by molar-refractivity contribution is -0.158. The highest BCUT2D eigenvalue weighted by Crippen LogP contribution is 2.61. The first-order chi connectivity index (χ1) is 10.6. The summed E-state index contributed by atoms with van der Waals surface area (Å²) in [7, 11) is -3.45. The van der Waals surface area contributed by atoms with Crippen molar-refractivity contribution in [2.45, 2.75) is 63.9 Å². The summed E-state index contributed by atoms with van der Waals surface area (Å²) in [4.78, 5) is 11.9. The van der Waals surface area contributed by atoms with E-state index in [0.717, 1.165) is 6.42 Å². The number of fused-ring (bicyclic) bond motifs is 1. The Hall–Kier alpha value is -0.660. The second kappa shape index (κ2) is 5.43. The lowest BCUT2D eigenvalue weighted by Crippen LogP contribution is -2.46. The van der Waals surface area contributed by atoms with Gasteiger partial charge in [0, 0.05) is 5.92 Å². The number of carbonyl (C=O) groups is 1. The molecule has 5 atom stereocenters. The lowest BCUT2D eigenvalue weighted by Gasteiger charge is -2.34. The summed E-state index contributed by atoms with van der Waals surface area (Å²) in [5.41, 5.74) is -1.24. The lowest BCUT2D eigenvalue weighted by atomic mass is 9.83. The van der Waals surface area contributed by atoms with E-state index in [-0.39, 0.29) is 42.4 Å². The summed E-state index contributed by atoms with van der Waals surface area (Å²) in [6, 6.07) is 0. The molecule has 2 aliphatic carbocycles. The molecule has 0 spiro atoms. The van der Waals surface area contributed by atoms with Gasteiger partial charge in [-0.1, -0.05) is 6.92 Å². The largest absolute Gasteiger partial charge is 0.463 e. The van der Waals surface area contributed by atoms with Gasteiger partial charge in [0.2, 0.25) is 0 Å². The summed E-state index contributed by atoms with van der Waals surface area (Å²) in [5.74, 6) is 0.0154. The minimum Gasteiger partial charge on any atom is -0.463 e. The Labute approximate surface area is 138 Å². The van der Waals surface area contributed by atoms with Crippen molar-refractivity contribution < 1.29 is 26.9 Å². The Kier molecular flexibility index (Phi) is 4.05. The molecule has 0 amide bonds. The van der Waals surface area contributed by atoms with Crippen molar-refractivity contribution >= 4 is 16.1 Å². The molecule has 0 aromatic heterocycles. The molecule has 0 N–H and O–H groups in total. The van der Waals surface area contributed by atoms with E-state index in [1.807, 2.05) is 27.7 Å². The quantitative estimate of drug-likeness (QED) is 0.415. The molecule has 0 aromatic carbocycles. The Balaban J connectivity index is 1.54. The Morgan fingerprint density at radius 2 is 2.00 bits per heavy atom. The van der Waals surface area contributed by atoms with Crippen LogP contribution in [0.3, 0.4) is 0 Å². The standard InChI is InChI=1S/C16H26O6S/c1-5-15(2,3)14(17)21-7-6-20-13-10-8-11-12(9-10)23(18,19)22-16(11,13)4/h10-13H,5-9H2,1-4H3. The van der Waals surface area contributed by atoms with Crippen LogP contribution in [0.2, 0.25) is 0 Å². The van der Waals surface area contributed by atoms with Crippen LogP contribution in [-0.2, 0) is 28.6 Å². The molecule has 5 unspecified atom stereocenters. The Morgan fingerprint density at radius 1 is 1.30 bits per heavy atom. The molecule has 23 heavy (non-hydrogen) atoms. The molecule has 1 heterocycles. The number of esters is 1. The van der Waals surface area contributed by atoms with Crippen LogP contribution >= 0.6 is 0 Å². The number of hydrogen-bond donors (Lipinski definition) is 0. The third kappa shape index (κ3) is 2.61. The fourth-order valence-corrected chi connectivity index (χ4v) is 6.37. The van der Waals surface area contributed by atoms with E-state index in [0.29, 0.717) is 12.8 Å². The summed E-state index contributed by atoms with van der Waals surface area (Å²) in [5, 5.41) is -0.361.